The van der Waals surface area contributed by atoms with Gasteiger partial charge in [0.05, 0.1) is 26.0 Å². The summed E-state index contributed by atoms with van der Waals surface area (Å²) in [6, 6.07) is 1.50. The Labute approximate surface area is 165 Å². The van der Waals surface area contributed by atoms with Gasteiger partial charge in [0, 0.05) is 18.9 Å². The van der Waals surface area contributed by atoms with Crippen LogP contribution < -0.4 is 20.5 Å². The average Bonchev–Trinajstić information content (AvgIpc) is 3.44. The van der Waals surface area contributed by atoms with Crippen LogP contribution in [0.4, 0.5) is 5.95 Å². The maximum absolute atomic E-state index is 12.3. The van der Waals surface area contributed by atoms with Crippen LogP contribution in [0.25, 0.3) is 0 Å². The van der Waals surface area contributed by atoms with Crippen molar-refractivity contribution in [2.75, 3.05) is 25.3 Å². The van der Waals surface area contributed by atoms with Gasteiger partial charge in [0.25, 0.3) is 0 Å². The Kier molecular flexibility index (Phi) is 6.29. The highest BCUT2D eigenvalue weighted by atomic mass is 32.2. The fraction of sp³-hybridized carbons (Fsp3) is 0.500. The molecule has 150 valence electrons. The van der Waals surface area contributed by atoms with Crippen LogP contribution in [-0.2, 0) is 16.1 Å². The zero-order valence-corrected chi connectivity index (χ0v) is 16.4. The maximum Gasteiger partial charge on any atom is 0.237 e. The number of carbonyl (C=O) groups excluding carboxylic acids is 2. The molecule has 0 spiro atoms. The summed E-state index contributed by atoms with van der Waals surface area (Å²) in [6.07, 6.45) is 2.29. The second kappa shape index (κ2) is 8.87. The van der Waals surface area contributed by atoms with Crippen molar-refractivity contribution in [1.29, 1.82) is 0 Å². The first-order chi connectivity index (χ1) is 13.5. The third-order valence-electron chi connectivity index (χ3n) is 3.95. The van der Waals surface area contributed by atoms with Crippen molar-refractivity contribution in [2.24, 2.45) is 5.73 Å². The molecule has 1 fully saturated rings. The fourth-order valence-electron chi connectivity index (χ4n) is 2.44. The molecular weight excluding hydrogens is 386 g/mol. The third-order valence-corrected chi connectivity index (χ3v) is 4.92. The molecule has 0 bridgehead atoms. The third kappa shape index (κ3) is 5.09. The molecule has 1 saturated carbocycles. The number of hydrogen-bond acceptors (Lipinski definition) is 9. The predicted octanol–water partition coefficient (Wildman–Crippen LogP) is 0.569. The number of thioether (sulfide) groups is 1. The molecule has 0 radical (unpaired) electrons. The van der Waals surface area contributed by atoms with Crippen LogP contribution in [0.15, 0.2) is 11.2 Å². The Hall–Kier alpha value is -2.89. The van der Waals surface area contributed by atoms with Crippen molar-refractivity contribution >= 4 is 29.5 Å². The number of ether oxygens (including phenoxy) is 2. The summed E-state index contributed by atoms with van der Waals surface area (Å²) in [6.45, 7) is 0.397. The van der Waals surface area contributed by atoms with E-state index in [0.29, 0.717) is 17.6 Å². The van der Waals surface area contributed by atoms with E-state index in [9.17, 15) is 9.59 Å². The molecule has 1 aliphatic carbocycles. The number of aromatic nitrogens is 5. The van der Waals surface area contributed by atoms with Crippen molar-refractivity contribution in [2.45, 2.75) is 36.9 Å². The minimum atomic E-state index is -0.395. The Bertz CT molecular complexity index is 846. The van der Waals surface area contributed by atoms with E-state index in [2.05, 4.69) is 25.5 Å². The van der Waals surface area contributed by atoms with Crippen LogP contribution >= 0.6 is 11.8 Å². The lowest BCUT2D eigenvalue weighted by Gasteiger charge is -2.09. The molecule has 0 unspecified atom stereocenters. The van der Waals surface area contributed by atoms with E-state index < -0.39 is 5.91 Å². The lowest BCUT2D eigenvalue weighted by molar-refractivity contribution is -0.118. The van der Waals surface area contributed by atoms with E-state index in [0.717, 1.165) is 18.7 Å². The molecule has 1 aliphatic rings. The first-order valence-corrected chi connectivity index (χ1v) is 9.59. The summed E-state index contributed by atoms with van der Waals surface area (Å²) in [5.74, 6) is 1.18. The van der Waals surface area contributed by atoms with Gasteiger partial charge in [0.2, 0.25) is 29.5 Å². The summed E-state index contributed by atoms with van der Waals surface area (Å²) in [7, 11) is 2.92. The number of hydrogen-bond donors (Lipinski definition) is 2. The topological polar surface area (TPSA) is 147 Å². The molecule has 28 heavy (non-hydrogen) atoms. The monoisotopic (exact) mass is 407 g/mol. The van der Waals surface area contributed by atoms with Crippen molar-refractivity contribution in [3.05, 3.63) is 11.9 Å². The number of methoxy groups -OCH3 is 2. The largest absolute Gasteiger partial charge is 0.481 e. The summed E-state index contributed by atoms with van der Waals surface area (Å²) < 4.78 is 12.0. The highest BCUT2D eigenvalue weighted by Crippen LogP contribution is 2.40. The van der Waals surface area contributed by atoms with Gasteiger partial charge in [0.1, 0.15) is 5.82 Å². The number of rotatable bonds is 10. The molecule has 0 saturated heterocycles. The lowest BCUT2D eigenvalue weighted by atomic mass is 10.3. The minimum absolute atomic E-state index is 0.0717. The van der Waals surface area contributed by atoms with Crippen molar-refractivity contribution in [3.8, 4) is 11.8 Å². The maximum atomic E-state index is 12.3. The quantitative estimate of drug-likeness (QED) is 0.539. The molecule has 0 aromatic carbocycles. The molecule has 0 atom stereocenters. The van der Waals surface area contributed by atoms with Gasteiger partial charge < -0.3 is 19.8 Å². The first kappa shape index (κ1) is 19.9. The number of nitrogens with two attached hydrogens (primary N) is 1. The smallest absolute Gasteiger partial charge is 0.237 e. The number of carbonyl (C=O) groups is 2. The second-order valence-electron chi connectivity index (χ2n) is 6.10. The zero-order chi connectivity index (χ0) is 20.1. The molecule has 12 heteroatoms. The van der Waals surface area contributed by atoms with Crippen LogP contribution in [-0.4, -0.2) is 56.5 Å². The van der Waals surface area contributed by atoms with Gasteiger partial charge >= 0.3 is 0 Å². The molecular formula is C16H21N7O4S. The Morgan fingerprint density at radius 3 is 2.50 bits per heavy atom. The Balaban J connectivity index is 1.64. The van der Waals surface area contributed by atoms with Crippen molar-refractivity contribution < 1.29 is 19.1 Å². The summed E-state index contributed by atoms with van der Waals surface area (Å²) in [5, 5.41) is 11.5. The summed E-state index contributed by atoms with van der Waals surface area (Å²) in [4.78, 5) is 31.5. The Morgan fingerprint density at radius 2 is 1.93 bits per heavy atom. The normalized spacial score (nSPS) is 13.2. The first-order valence-electron chi connectivity index (χ1n) is 8.61. The lowest BCUT2D eigenvalue weighted by Crippen LogP contribution is -2.18. The zero-order valence-electron chi connectivity index (χ0n) is 15.5. The summed E-state index contributed by atoms with van der Waals surface area (Å²) >= 11 is 1.22. The molecule has 0 aliphatic heterocycles. The highest BCUT2D eigenvalue weighted by molar-refractivity contribution is 7.99. The molecule has 2 heterocycles. The van der Waals surface area contributed by atoms with E-state index in [1.807, 2.05) is 4.57 Å². The number of amides is 2. The second-order valence-corrected chi connectivity index (χ2v) is 7.04. The number of nitrogens with zero attached hydrogens (tertiary/aromatic N) is 5. The highest BCUT2D eigenvalue weighted by Gasteiger charge is 2.30. The van der Waals surface area contributed by atoms with Gasteiger partial charge in [-0.3, -0.25) is 14.9 Å². The van der Waals surface area contributed by atoms with E-state index in [4.69, 9.17) is 15.2 Å². The van der Waals surface area contributed by atoms with Gasteiger partial charge in [-0.1, -0.05) is 11.8 Å². The molecule has 3 N–H and O–H groups in total. The van der Waals surface area contributed by atoms with E-state index in [-0.39, 0.29) is 35.8 Å². The standard InChI is InChI=1S/C16H21N7O4S/c1-26-12-7-13(27-2)20-15(19-12)18-11(25)8-28-16-22-21-14(9-3-4-9)23(16)6-5-10(17)24/h7,9H,3-6,8H2,1-2H3,(H2,17,24)(H,18,19,20,25). The molecule has 2 amide bonds. The van der Waals surface area contributed by atoms with Gasteiger partial charge in [0.15, 0.2) is 5.16 Å². The molecule has 3 rings (SSSR count). The SMILES string of the molecule is COc1cc(OC)nc(NC(=O)CSc2nnc(C3CC3)n2CCC(N)=O)n1. The van der Waals surface area contributed by atoms with Gasteiger partial charge in [-0.25, -0.2) is 0 Å². The van der Waals surface area contributed by atoms with Crippen LogP contribution in [0.3, 0.4) is 0 Å². The molecule has 2 aromatic heterocycles. The van der Waals surface area contributed by atoms with Crippen molar-refractivity contribution in [1.82, 2.24) is 24.7 Å². The van der Waals surface area contributed by atoms with Gasteiger partial charge in [-0.15, -0.1) is 10.2 Å². The van der Waals surface area contributed by atoms with E-state index in [1.165, 1.54) is 32.0 Å². The van der Waals surface area contributed by atoms with Crippen molar-refractivity contribution in [3.63, 3.8) is 0 Å². The number of nitrogens with one attached hydrogen (secondary N) is 1. The number of anilines is 1. The summed E-state index contributed by atoms with van der Waals surface area (Å²) in [5.41, 5.74) is 5.26. The number of primary amides is 1. The van der Waals surface area contributed by atoms with Crippen LogP contribution in [0, 0.1) is 0 Å². The van der Waals surface area contributed by atoms with E-state index >= 15 is 0 Å². The minimum Gasteiger partial charge on any atom is -0.481 e. The Morgan fingerprint density at radius 1 is 1.25 bits per heavy atom. The fourth-order valence-corrected chi connectivity index (χ4v) is 3.21. The van der Waals surface area contributed by atoms with Crippen LogP contribution in [0.1, 0.15) is 31.0 Å². The van der Waals surface area contributed by atoms with Gasteiger partial charge in [-0.2, -0.15) is 9.97 Å². The van der Waals surface area contributed by atoms with Crippen LogP contribution in [0.5, 0.6) is 11.8 Å². The average molecular weight is 407 g/mol. The van der Waals surface area contributed by atoms with Gasteiger partial charge in [-0.05, 0) is 12.8 Å². The molecule has 2 aromatic rings. The van der Waals surface area contributed by atoms with E-state index in [1.54, 1.807) is 0 Å². The predicted molar refractivity (Wildman–Crippen MR) is 100 cm³/mol. The van der Waals surface area contributed by atoms with Crippen LogP contribution in [0.2, 0.25) is 0 Å². The molecule has 11 nitrogen and oxygen atoms in total.